The molecule has 0 radical (unpaired) electrons. The number of aromatic nitrogens is 6. The van der Waals surface area contributed by atoms with Crippen LogP contribution in [0.1, 0.15) is 25.0 Å². The third-order valence-electron chi connectivity index (χ3n) is 15.8. The molecule has 9 N–H and O–H groups in total. The number of nitrogens with one attached hydrogen (secondary N) is 4. The van der Waals surface area contributed by atoms with Crippen molar-refractivity contribution < 1.29 is 24.1 Å². The Hall–Kier alpha value is -11.1. The average Bonchev–Trinajstić information content (AvgIpc) is 1.74. The summed E-state index contributed by atoms with van der Waals surface area (Å²) in [7, 11) is 1.00. The number of hydrogen-bond donors (Lipinski definition) is 7. The van der Waals surface area contributed by atoms with Crippen LogP contribution in [0.3, 0.4) is 0 Å². The number of imidazole rings is 3. The number of nitriles is 1. The molecule has 0 saturated carbocycles. The van der Waals surface area contributed by atoms with Gasteiger partial charge in [-0.25, -0.2) is 15.0 Å². The van der Waals surface area contributed by atoms with Gasteiger partial charge in [0.05, 0.1) is 39.3 Å². The summed E-state index contributed by atoms with van der Waals surface area (Å²) >= 11 is 0. The number of fused-ring (bicyclic) bond motifs is 3. The molecular formula is C71H76N16O5. The van der Waals surface area contributed by atoms with Gasteiger partial charge < -0.3 is 60.3 Å². The van der Waals surface area contributed by atoms with Gasteiger partial charge >= 0.3 is 6.08 Å². The number of rotatable bonds is 17. The van der Waals surface area contributed by atoms with Gasteiger partial charge in [-0.2, -0.15) is 16.8 Å². The molecule has 2 fully saturated rings. The Labute approximate surface area is 535 Å². The first-order valence-electron chi connectivity index (χ1n) is 30.7. The van der Waals surface area contributed by atoms with E-state index in [9.17, 15) is 0 Å². The fraction of sp³-hybridized carbons (Fsp3) is 0.239. The average molecular weight is 1230 g/mol. The van der Waals surface area contributed by atoms with E-state index < -0.39 is 0 Å². The minimum atomic E-state index is -0.102. The zero-order chi connectivity index (χ0) is 64.0. The Morgan fingerprint density at radius 1 is 0.554 bits per heavy atom. The van der Waals surface area contributed by atoms with Crippen LogP contribution in [0, 0.1) is 18.0 Å². The standard InChI is InChI=1S/C29H30N8O.C27H32N6O.C14H10N2O2.CH4O/c1-3-20-10-12-21(13-11-20)28-31-22-6-4-8-24(26(22)33-28)37-16-14-36(15-17-37)18-19-38-25-9-5-7-23-27(25)34-29(32-23)35-30-2;1-2-19-9-11-20(12-10-19)27-30-22-6-4-7-23(26(22)31-27)33-15-13-32(14-16-33)17-18-34-24-8-3-5-21(28)25(24)29;15-11-16-14(17-12-7-3-1-4-8-12)18-13-9-5-2-6-10-13;1-2/h4-13H,3,14-19H2,1H3,(H,31,33)(H2,32,34,35);3-12H,2,13-18,28-29H2,1H3,(H,30,31);1-10H;2H,1H3. The van der Waals surface area contributed by atoms with Gasteiger partial charge in [-0.05, 0) is 96.8 Å². The maximum atomic E-state index is 8.60. The Morgan fingerprint density at radius 2 is 1.00 bits per heavy atom. The number of piperazine rings is 2. The summed E-state index contributed by atoms with van der Waals surface area (Å²) < 4.78 is 22.7. The van der Waals surface area contributed by atoms with E-state index in [2.05, 4.69) is 154 Å². The predicted octanol–water partition coefficient (Wildman–Crippen LogP) is 11.9. The van der Waals surface area contributed by atoms with Gasteiger partial charge in [0.1, 0.15) is 64.4 Å². The van der Waals surface area contributed by atoms with Crippen molar-refractivity contribution in [3.63, 3.8) is 0 Å². The molecule has 0 atom stereocenters. The van der Waals surface area contributed by atoms with E-state index in [4.69, 9.17) is 57.3 Å². The monoisotopic (exact) mass is 1230 g/mol. The van der Waals surface area contributed by atoms with Crippen LogP contribution >= 0.6 is 0 Å². The number of benzene rings is 8. The lowest BCUT2D eigenvalue weighted by Crippen LogP contribution is -2.47. The maximum Gasteiger partial charge on any atom is 0.410 e. The van der Waals surface area contributed by atoms with E-state index in [1.165, 1.54) is 22.5 Å². The molecule has 0 spiro atoms. The molecule has 2 saturated heterocycles. The Morgan fingerprint density at radius 3 is 1.47 bits per heavy atom. The first-order valence-corrected chi connectivity index (χ1v) is 30.7. The van der Waals surface area contributed by atoms with E-state index in [1.54, 1.807) is 36.5 Å². The van der Waals surface area contributed by atoms with Crippen LogP contribution in [-0.2, 0) is 12.8 Å². The van der Waals surface area contributed by atoms with E-state index in [0.29, 0.717) is 47.8 Å². The first-order chi connectivity index (χ1) is 45.2. The molecule has 0 unspecified atom stereocenters. The lowest BCUT2D eigenvalue weighted by Gasteiger charge is -2.36. The second-order valence-electron chi connectivity index (χ2n) is 21.5. The second-order valence-corrected chi connectivity index (χ2v) is 21.5. The SMILES string of the molecule is CCc1ccc(-c2nc3c(N4CCN(CCOc5cccc(N)c5N)CC4)cccc3[nH]2)cc1.CO.N#CN=C(Oc1ccccc1)Oc1ccccc1.[C-]#[N+]Nc1nc2c(OCCN3CCN(c4cccc5[nH]c(-c6ccc(CC)cc6)nc45)CC3)cccc2[nH]1. The number of hydrogen-bond acceptors (Lipinski definition) is 17. The van der Waals surface area contributed by atoms with Crippen molar-refractivity contribution >= 4 is 67.9 Å². The van der Waals surface area contributed by atoms with E-state index >= 15 is 0 Å². The fourth-order valence-corrected chi connectivity index (χ4v) is 10.8. The van der Waals surface area contributed by atoms with Gasteiger partial charge in [-0.1, -0.05) is 133 Å². The lowest BCUT2D eigenvalue weighted by molar-refractivity contribution is 0.201. The van der Waals surface area contributed by atoms with Crippen molar-refractivity contribution in [2.24, 2.45) is 4.99 Å². The maximum absolute atomic E-state index is 8.60. The van der Waals surface area contributed by atoms with Gasteiger partial charge in [-0.15, -0.1) is 0 Å². The molecule has 11 aromatic rings. The van der Waals surface area contributed by atoms with Crippen LogP contribution < -0.4 is 45.6 Å². The Balaban J connectivity index is 0.000000158. The highest BCUT2D eigenvalue weighted by Crippen LogP contribution is 2.33. The normalized spacial score (nSPS) is 13.1. The van der Waals surface area contributed by atoms with Crippen molar-refractivity contribution in [1.82, 2.24) is 39.7 Å². The third-order valence-corrected chi connectivity index (χ3v) is 15.8. The zero-order valence-corrected chi connectivity index (χ0v) is 51.9. The number of aliphatic hydroxyl groups is 1. The van der Waals surface area contributed by atoms with Gasteiger partial charge in [0.25, 0.3) is 5.95 Å². The summed E-state index contributed by atoms with van der Waals surface area (Å²) in [6, 6.07) is 59.3. The number of H-pyrrole nitrogens is 3. The van der Waals surface area contributed by atoms with Crippen molar-refractivity contribution in [1.29, 1.82) is 5.26 Å². The lowest BCUT2D eigenvalue weighted by atomic mass is 10.1. The van der Waals surface area contributed by atoms with Crippen LogP contribution in [0.15, 0.2) is 187 Å². The van der Waals surface area contributed by atoms with Crippen molar-refractivity contribution in [2.75, 3.05) is 112 Å². The second kappa shape index (κ2) is 31.9. The van der Waals surface area contributed by atoms with Crippen LogP contribution in [0.4, 0.5) is 28.7 Å². The molecule has 21 heteroatoms. The highest BCUT2D eigenvalue weighted by Gasteiger charge is 2.23. The molecule has 3 aromatic heterocycles. The number of aromatic amines is 3. The molecular weight excluding hydrogens is 1160 g/mol. The number of ether oxygens (including phenoxy) is 4. The molecule has 13 rings (SSSR count). The van der Waals surface area contributed by atoms with Gasteiger partial charge in [0, 0.05) is 83.7 Å². The smallest absolute Gasteiger partial charge is 0.410 e. The summed E-state index contributed by atoms with van der Waals surface area (Å²) in [5.41, 5.74) is 28.5. The number of nitrogens with zero attached hydrogens (tertiary/aromatic N) is 10. The molecule has 8 aromatic carbocycles. The van der Waals surface area contributed by atoms with Gasteiger partial charge in [-0.3, -0.25) is 9.80 Å². The number of aryl methyl sites for hydroxylation is 2. The molecule has 2 aliphatic heterocycles. The van der Waals surface area contributed by atoms with E-state index in [0.717, 1.165) is 147 Å². The number of aliphatic imine (C=N–C) groups is 1. The summed E-state index contributed by atoms with van der Waals surface area (Å²) in [4.78, 5) is 40.9. The minimum absolute atomic E-state index is 0.102. The molecule has 5 heterocycles. The highest BCUT2D eigenvalue weighted by molar-refractivity contribution is 5.92. The van der Waals surface area contributed by atoms with Gasteiger partial charge in [0.15, 0.2) is 0 Å². The summed E-state index contributed by atoms with van der Waals surface area (Å²) in [6.07, 6.45) is 3.62. The van der Waals surface area contributed by atoms with Crippen molar-refractivity contribution in [2.45, 2.75) is 26.7 Å². The summed E-state index contributed by atoms with van der Waals surface area (Å²) in [5.74, 6) is 4.75. The zero-order valence-electron chi connectivity index (χ0n) is 51.9. The summed E-state index contributed by atoms with van der Waals surface area (Å²) in [5, 5.41) is 15.6. The topological polar surface area (TPSA) is 261 Å². The fourth-order valence-electron chi connectivity index (χ4n) is 10.8. The number of nitrogen functional groups attached to an aromatic ring is 2. The van der Waals surface area contributed by atoms with Crippen molar-refractivity contribution in [3.05, 3.63) is 205 Å². The molecule has 470 valence electrons. The number of para-hydroxylation sites is 6. The molecule has 92 heavy (non-hydrogen) atoms. The Kier molecular flexibility index (Phi) is 22.1. The van der Waals surface area contributed by atoms with E-state index in [-0.39, 0.29) is 6.08 Å². The molecule has 0 aliphatic carbocycles. The summed E-state index contributed by atoms with van der Waals surface area (Å²) in [6.45, 7) is 21.8. The molecule has 2 aliphatic rings. The quantitative estimate of drug-likeness (QED) is 0.0112. The van der Waals surface area contributed by atoms with Gasteiger partial charge in [0.2, 0.25) is 6.19 Å². The number of aliphatic hydroxyl groups excluding tert-OH is 1. The number of anilines is 5. The van der Waals surface area contributed by atoms with Crippen LogP contribution in [0.25, 0.3) is 60.8 Å². The van der Waals surface area contributed by atoms with Crippen LogP contribution in [0.2, 0.25) is 0 Å². The van der Waals surface area contributed by atoms with Crippen LogP contribution in [-0.4, -0.2) is 137 Å². The molecule has 21 nitrogen and oxygen atoms in total. The molecule has 0 bridgehead atoms. The highest BCUT2D eigenvalue weighted by atomic mass is 16.7. The predicted molar refractivity (Wildman–Crippen MR) is 367 cm³/mol. The third kappa shape index (κ3) is 16.4. The molecule has 0 amide bonds. The van der Waals surface area contributed by atoms with Crippen LogP contribution in [0.5, 0.6) is 23.0 Å². The van der Waals surface area contributed by atoms with E-state index in [1.807, 2.05) is 66.7 Å². The Bertz CT molecular complexity index is 4200. The number of nitrogens with two attached hydrogens (primary N) is 2. The largest absolute Gasteiger partial charge is 0.490 e. The first kappa shape index (κ1) is 63.9. The van der Waals surface area contributed by atoms with Crippen molar-refractivity contribution in [3.8, 4) is 52.0 Å². The minimum Gasteiger partial charge on any atom is -0.490 e.